The number of oxazole rings is 1. The molecule has 0 fully saturated rings. The van der Waals surface area contributed by atoms with E-state index < -0.39 is 0 Å². The molecule has 4 rings (SSSR count). The van der Waals surface area contributed by atoms with Crippen molar-refractivity contribution < 1.29 is 13.9 Å². The van der Waals surface area contributed by atoms with Gasteiger partial charge in [-0.3, -0.25) is 0 Å². The van der Waals surface area contributed by atoms with Crippen LogP contribution in [-0.4, -0.2) is 39.4 Å². The first-order valence-corrected chi connectivity index (χ1v) is 9.40. The summed E-state index contributed by atoms with van der Waals surface area (Å²) in [6, 6.07) is 15.1. The molecule has 0 saturated heterocycles. The van der Waals surface area contributed by atoms with Gasteiger partial charge in [0.1, 0.15) is 17.8 Å². The van der Waals surface area contributed by atoms with E-state index in [0.29, 0.717) is 16.8 Å². The van der Waals surface area contributed by atoms with Crippen LogP contribution < -0.4 is 9.47 Å². The second-order valence-corrected chi connectivity index (χ2v) is 6.67. The van der Waals surface area contributed by atoms with E-state index in [9.17, 15) is 0 Å². The van der Waals surface area contributed by atoms with Gasteiger partial charge in [0.05, 0.1) is 25.6 Å². The summed E-state index contributed by atoms with van der Waals surface area (Å²) in [7, 11) is 3.26. The van der Waals surface area contributed by atoms with Gasteiger partial charge in [-0.15, -0.1) is 5.10 Å². The molecule has 2 aromatic heterocycles. The van der Waals surface area contributed by atoms with Crippen LogP contribution in [0.4, 0.5) is 0 Å². The summed E-state index contributed by atoms with van der Waals surface area (Å²) < 4.78 is 17.6. The lowest BCUT2D eigenvalue weighted by Gasteiger charge is -2.04. The highest BCUT2D eigenvalue weighted by Gasteiger charge is 2.12. The quantitative estimate of drug-likeness (QED) is 0.438. The molecule has 8 nitrogen and oxygen atoms in total. The first-order valence-electron chi connectivity index (χ1n) is 8.41. The van der Waals surface area contributed by atoms with E-state index in [-0.39, 0.29) is 0 Å². The second kappa shape index (κ2) is 8.13. The van der Waals surface area contributed by atoms with Crippen molar-refractivity contribution >= 4 is 11.8 Å². The van der Waals surface area contributed by atoms with Gasteiger partial charge in [0.15, 0.2) is 0 Å². The number of methoxy groups -OCH3 is 2. The molecule has 0 spiro atoms. The van der Waals surface area contributed by atoms with Gasteiger partial charge in [-0.1, -0.05) is 11.8 Å². The van der Waals surface area contributed by atoms with Gasteiger partial charge in [0.2, 0.25) is 11.0 Å². The number of rotatable bonds is 7. The van der Waals surface area contributed by atoms with Crippen molar-refractivity contribution in [2.75, 3.05) is 14.2 Å². The summed E-state index contributed by atoms with van der Waals surface area (Å²) in [6.07, 6.45) is 1.65. The molecule has 0 aliphatic carbocycles. The number of nitrogens with zero attached hydrogens (tertiary/aromatic N) is 5. The smallest absolute Gasteiger partial charge is 0.226 e. The first kappa shape index (κ1) is 18.1. The van der Waals surface area contributed by atoms with Crippen molar-refractivity contribution in [1.29, 1.82) is 0 Å². The highest BCUT2D eigenvalue weighted by Crippen LogP contribution is 2.26. The van der Waals surface area contributed by atoms with Gasteiger partial charge in [0.25, 0.3) is 0 Å². The van der Waals surface area contributed by atoms with Crippen molar-refractivity contribution in [3.8, 4) is 28.6 Å². The minimum atomic E-state index is 0.563. The Bertz CT molecular complexity index is 1040. The number of tetrazole rings is 1. The topological polar surface area (TPSA) is 88.1 Å². The number of thioether (sulfide) groups is 1. The molecule has 0 amide bonds. The van der Waals surface area contributed by atoms with Crippen LogP contribution in [0.25, 0.3) is 17.1 Å². The normalized spacial score (nSPS) is 10.8. The fourth-order valence-electron chi connectivity index (χ4n) is 2.53. The third-order valence-electron chi connectivity index (χ3n) is 4.00. The maximum Gasteiger partial charge on any atom is 0.226 e. The fourth-order valence-corrected chi connectivity index (χ4v) is 3.30. The summed E-state index contributed by atoms with van der Waals surface area (Å²) in [5.74, 6) is 2.71. The lowest BCUT2D eigenvalue weighted by Crippen LogP contribution is -1.99. The monoisotopic (exact) mass is 395 g/mol. The summed E-state index contributed by atoms with van der Waals surface area (Å²) in [4.78, 5) is 4.54. The van der Waals surface area contributed by atoms with Crippen molar-refractivity contribution in [3.63, 3.8) is 0 Å². The third-order valence-corrected chi connectivity index (χ3v) is 4.95. The summed E-state index contributed by atoms with van der Waals surface area (Å²) in [5, 5.41) is 12.6. The fraction of sp³-hybridized carbons (Fsp3) is 0.158. The zero-order valence-electron chi connectivity index (χ0n) is 15.3. The van der Waals surface area contributed by atoms with Crippen LogP contribution in [0.15, 0.2) is 64.4 Å². The summed E-state index contributed by atoms with van der Waals surface area (Å²) in [6.45, 7) is 0. The van der Waals surface area contributed by atoms with E-state index >= 15 is 0 Å². The van der Waals surface area contributed by atoms with Crippen LogP contribution in [-0.2, 0) is 5.75 Å². The Kier molecular flexibility index (Phi) is 5.24. The lowest BCUT2D eigenvalue weighted by atomic mass is 10.2. The molecule has 0 saturated carbocycles. The van der Waals surface area contributed by atoms with E-state index in [0.717, 1.165) is 28.4 Å². The van der Waals surface area contributed by atoms with Crippen molar-refractivity contribution in [2.24, 2.45) is 0 Å². The second-order valence-electron chi connectivity index (χ2n) is 5.73. The van der Waals surface area contributed by atoms with E-state index in [1.54, 1.807) is 25.2 Å². The van der Waals surface area contributed by atoms with Gasteiger partial charge in [-0.2, -0.15) is 4.68 Å². The van der Waals surface area contributed by atoms with Crippen LogP contribution in [0.2, 0.25) is 0 Å². The molecule has 2 heterocycles. The number of ether oxygens (including phenoxy) is 2. The van der Waals surface area contributed by atoms with E-state index in [2.05, 4.69) is 20.5 Å². The summed E-state index contributed by atoms with van der Waals surface area (Å²) >= 11 is 1.48. The third kappa shape index (κ3) is 3.84. The number of aromatic nitrogens is 5. The molecular weight excluding hydrogens is 378 g/mol. The summed E-state index contributed by atoms with van der Waals surface area (Å²) in [5.41, 5.74) is 2.55. The van der Waals surface area contributed by atoms with Crippen LogP contribution in [0.5, 0.6) is 11.5 Å². The molecule has 0 aliphatic rings. The first-order chi connectivity index (χ1) is 13.8. The predicted molar refractivity (Wildman–Crippen MR) is 104 cm³/mol. The number of benzene rings is 2. The SMILES string of the molecule is COc1ccc(-c2nc(CSc3nnnn3-c3ccc(OC)cc3)co2)cc1. The Morgan fingerprint density at radius 1 is 0.964 bits per heavy atom. The highest BCUT2D eigenvalue weighted by molar-refractivity contribution is 7.98. The van der Waals surface area contributed by atoms with Gasteiger partial charge in [-0.05, 0) is 59.0 Å². The van der Waals surface area contributed by atoms with E-state index in [1.807, 2.05) is 48.5 Å². The maximum absolute atomic E-state index is 5.60. The molecule has 0 atom stereocenters. The molecule has 0 unspecified atom stereocenters. The number of hydrogen-bond acceptors (Lipinski definition) is 8. The molecule has 28 heavy (non-hydrogen) atoms. The van der Waals surface area contributed by atoms with Crippen LogP contribution in [0.1, 0.15) is 5.69 Å². The molecular formula is C19H17N5O3S. The predicted octanol–water partition coefficient (Wildman–Crippen LogP) is 3.63. The van der Waals surface area contributed by atoms with Crippen molar-refractivity contribution in [3.05, 3.63) is 60.5 Å². The molecule has 142 valence electrons. The highest BCUT2D eigenvalue weighted by atomic mass is 32.2. The van der Waals surface area contributed by atoms with E-state index in [1.165, 1.54) is 11.8 Å². The van der Waals surface area contributed by atoms with Gasteiger partial charge < -0.3 is 13.9 Å². The molecule has 0 radical (unpaired) electrons. The molecule has 0 bridgehead atoms. The van der Waals surface area contributed by atoms with Crippen molar-refractivity contribution in [1.82, 2.24) is 25.2 Å². The standard InChI is InChI=1S/C19H17N5O3S/c1-25-16-7-3-13(4-8-16)18-20-14(11-27-18)12-28-19-21-22-23-24(19)15-5-9-17(26-2)10-6-15/h3-11H,12H2,1-2H3. The van der Waals surface area contributed by atoms with Gasteiger partial charge in [0, 0.05) is 11.3 Å². The Hall–Kier alpha value is -3.33. The Morgan fingerprint density at radius 2 is 1.64 bits per heavy atom. The van der Waals surface area contributed by atoms with E-state index in [4.69, 9.17) is 13.9 Å². The van der Waals surface area contributed by atoms with Crippen LogP contribution in [0.3, 0.4) is 0 Å². The molecule has 4 aromatic rings. The average Bonchev–Trinajstić information content (AvgIpc) is 3.42. The van der Waals surface area contributed by atoms with Gasteiger partial charge in [-0.25, -0.2) is 4.98 Å². The van der Waals surface area contributed by atoms with Crippen LogP contribution >= 0.6 is 11.8 Å². The Labute approximate surface area is 165 Å². The molecule has 9 heteroatoms. The minimum absolute atomic E-state index is 0.563. The Balaban J connectivity index is 1.45. The zero-order valence-corrected chi connectivity index (χ0v) is 16.1. The Morgan fingerprint density at radius 3 is 2.32 bits per heavy atom. The van der Waals surface area contributed by atoms with Crippen LogP contribution in [0, 0.1) is 0 Å². The minimum Gasteiger partial charge on any atom is -0.497 e. The number of hydrogen-bond donors (Lipinski definition) is 0. The molecule has 2 aromatic carbocycles. The lowest BCUT2D eigenvalue weighted by molar-refractivity contribution is 0.414. The average molecular weight is 395 g/mol. The zero-order chi connectivity index (χ0) is 19.3. The molecule has 0 N–H and O–H groups in total. The van der Waals surface area contributed by atoms with Gasteiger partial charge >= 0.3 is 0 Å². The van der Waals surface area contributed by atoms with Crippen molar-refractivity contribution in [2.45, 2.75) is 10.9 Å². The largest absolute Gasteiger partial charge is 0.497 e. The maximum atomic E-state index is 5.60. The molecule has 0 aliphatic heterocycles.